The molecule has 3 aromatic carbocycles. The summed E-state index contributed by atoms with van der Waals surface area (Å²) in [4.78, 5) is 15.6. The van der Waals surface area contributed by atoms with Crippen LogP contribution in [0.1, 0.15) is 53.5 Å². The zero-order valence-electron chi connectivity index (χ0n) is 21.1. The van der Waals surface area contributed by atoms with E-state index in [1.807, 2.05) is 43.3 Å². The smallest absolute Gasteiger partial charge is 0.340 e. The Labute approximate surface area is 206 Å². The third-order valence-corrected chi connectivity index (χ3v) is 7.30. The van der Waals surface area contributed by atoms with Crippen LogP contribution in [0.5, 0.6) is 5.75 Å². The molecule has 1 aliphatic heterocycles. The van der Waals surface area contributed by atoms with Gasteiger partial charge in [0.2, 0.25) is 0 Å². The summed E-state index contributed by atoms with van der Waals surface area (Å²) in [6, 6.07) is 22.3. The summed E-state index contributed by atoms with van der Waals surface area (Å²) < 4.78 is 14.9. The summed E-state index contributed by atoms with van der Waals surface area (Å²) in [6.07, 6.45) is 0. The van der Waals surface area contributed by atoms with Gasteiger partial charge in [0, 0.05) is 65.2 Å². The Hall–Kier alpha value is -3.73. The molecule has 1 aliphatic rings. The van der Waals surface area contributed by atoms with Gasteiger partial charge in [-0.05, 0) is 52.0 Å². The van der Waals surface area contributed by atoms with Gasteiger partial charge in [-0.3, -0.25) is 0 Å². The molecule has 1 aromatic heterocycles. The molecular weight excluding hydrogens is 436 g/mol. The highest BCUT2D eigenvalue weighted by Crippen LogP contribution is 2.53. The Kier molecular flexibility index (Phi) is 5.79. The summed E-state index contributed by atoms with van der Waals surface area (Å²) in [7, 11) is 2.06. The average molecular weight is 469 g/mol. The Morgan fingerprint density at radius 2 is 1.66 bits per heavy atom. The number of rotatable bonds is 7. The fraction of sp³-hybridized carbons (Fsp3) is 0.300. The second-order valence-electron chi connectivity index (χ2n) is 8.94. The van der Waals surface area contributed by atoms with Gasteiger partial charge >= 0.3 is 5.97 Å². The van der Waals surface area contributed by atoms with Crippen LogP contribution in [-0.4, -0.2) is 30.2 Å². The van der Waals surface area contributed by atoms with Crippen LogP contribution in [0.15, 0.2) is 66.7 Å². The standard InChI is InChI=1S/C30H32N2O3/c1-6-32(7-2)21-17-18-25(27(19-21)34-8-3)30(24-15-11-9-13-22(24)29(33)35-30)28-20(4)31(5)26-16-12-10-14-23(26)28/h9-19H,6-8H2,1-5H3. The average Bonchev–Trinajstić information content (AvgIpc) is 3.31. The maximum absolute atomic E-state index is 13.3. The van der Waals surface area contributed by atoms with Gasteiger partial charge in [0.25, 0.3) is 0 Å². The topological polar surface area (TPSA) is 43.7 Å². The molecule has 0 amide bonds. The summed E-state index contributed by atoms with van der Waals surface area (Å²) >= 11 is 0. The number of cyclic esters (lactones) is 1. The summed E-state index contributed by atoms with van der Waals surface area (Å²) in [5.74, 6) is 0.414. The fourth-order valence-electron chi connectivity index (χ4n) is 5.57. The SMILES string of the molecule is CCOc1cc(N(CC)CC)ccc1C1(c2c(C)n(C)c3ccccc23)OC(=O)c2ccccc21. The first-order valence-electron chi connectivity index (χ1n) is 12.4. The predicted octanol–water partition coefficient (Wildman–Crippen LogP) is 6.19. The Morgan fingerprint density at radius 3 is 2.40 bits per heavy atom. The van der Waals surface area contributed by atoms with Crippen LogP contribution in [-0.2, 0) is 17.4 Å². The van der Waals surface area contributed by atoms with Gasteiger partial charge in [-0.15, -0.1) is 0 Å². The minimum Gasteiger partial charge on any atom is -0.493 e. The zero-order valence-corrected chi connectivity index (χ0v) is 21.1. The molecule has 0 spiro atoms. The van der Waals surface area contributed by atoms with Crippen molar-refractivity contribution in [2.45, 2.75) is 33.3 Å². The van der Waals surface area contributed by atoms with Crippen molar-refractivity contribution in [2.24, 2.45) is 7.05 Å². The lowest BCUT2D eigenvalue weighted by atomic mass is 9.78. The van der Waals surface area contributed by atoms with Crippen molar-refractivity contribution in [1.82, 2.24) is 4.57 Å². The number of carbonyl (C=O) groups excluding carboxylic acids is 1. The fourth-order valence-corrected chi connectivity index (χ4v) is 5.57. The molecule has 0 fully saturated rings. The van der Waals surface area contributed by atoms with E-state index in [9.17, 15) is 4.79 Å². The molecule has 0 saturated heterocycles. The van der Waals surface area contributed by atoms with E-state index in [1.54, 1.807) is 0 Å². The molecule has 4 aromatic rings. The van der Waals surface area contributed by atoms with E-state index in [0.717, 1.165) is 57.8 Å². The van der Waals surface area contributed by atoms with Gasteiger partial charge in [-0.1, -0.05) is 36.4 Å². The van der Waals surface area contributed by atoms with Crippen LogP contribution in [0.3, 0.4) is 0 Å². The molecule has 0 radical (unpaired) electrons. The molecule has 0 bridgehead atoms. The zero-order chi connectivity index (χ0) is 24.7. The van der Waals surface area contributed by atoms with E-state index in [-0.39, 0.29) is 5.97 Å². The lowest BCUT2D eigenvalue weighted by Crippen LogP contribution is -2.31. The van der Waals surface area contributed by atoms with Gasteiger partial charge in [-0.2, -0.15) is 0 Å². The molecule has 0 N–H and O–H groups in total. The van der Waals surface area contributed by atoms with E-state index in [4.69, 9.17) is 9.47 Å². The maximum Gasteiger partial charge on any atom is 0.340 e. The van der Waals surface area contributed by atoms with Gasteiger partial charge < -0.3 is 18.9 Å². The number of hydrogen-bond donors (Lipinski definition) is 0. The molecule has 5 rings (SSSR count). The number of hydrogen-bond acceptors (Lipinski definition) is 4. The lowest BCUT2D eigenvalue weighted by Gasteiger charge is -2.33. The van der Waals surface area contributed by atoms with Gasteiger partial charge in [0.1, 0.15) is 5.75 Å². The second kappa shape index (κ2) is 8.81. The number of nitrogens with zero attached hydrogens (tertiary/aromatic N) is 2. The van der Waals surface area contributed by atoms with E-state index >= 15 is 0 Å². The molecule has 0 saturated carbocycles. The van der Waals surface area contributed by atoms with Crippen LogP contribution in [0, 0.1) is 6.92 Å². The van der Waals surface area contributed by atoms with E-state index in [2.05, 4.69) is 67.6 Å². The van der Waals surface area contributed by atoms with Crippen LogP contribution in [0.2, 0.25) is 0 Å². The number of aromatic nitrogens is 1. The van der Waals surface area contributed by atoms with E-state index in [0.29, 0.717) is 12.2 Å². The number of fused-ring (bicyclic) bond motifs is 2. The Bertz CT molecular complexity index is 1420. The van der Waals surface area contributed by atoms with Crippen molar-refractivity contribution in [2.75, 3.05) is 24.6 Å². The number of esters is 1. The van der Waals surface area contributed by atoms with Crippen molar-refractivity contribution in [3.8, 4) is 5.75 Å². The number of ether oxygens (including phenoxy) is 2. The lowest BCUT2D eigenvalue weighted by molar-refractivity contribution is 0.0246. The molecule has 35 heavy (non-hydrogen) atoms. The van der Waals surface area contributed by atoms with Crippen molar-refractivity contribution in [3.05, 3.63) is 94.7 Å². The molecule has 1 atom stereocenters. The molecule has 5 nitrogen and oxygen atoms in total. The normalized spacial score (nSPS) is 16.9. The minimum atomic E-state index is -1.12. The number of anilines is 1. The molecule has 0 aliphatic carbocycles. The van der Waals surface area contributed by atoms with Crippen LogP contribution in [0.4, 0.5) is 5.69 Å². The highest BCUT2D eigenvalue weighted by molar-refractivity contribution is 5.99. The number of aryl methyl sites for hydroxylation is 1. The van der Waals surface area contributed by atoms with E-state index in [1.165, 1.54) is 0 Å². The van der Waals surface area contributed by atoms with Gasteiger partial charge in [0.05, 0.1) is 12.2 Å². The summed E-state index contributed by atoms with van der Waals surface area (Å²) in [6.45, 7) is 10.7. The molecule has 2 heterocycles. The number of benzene rings is 3. The van der Waals surface area contributed by atoms with Crippen molar-refractivity contribution >= 4 is 22.6 Å². The highest BCUT2D eigenvalue weighted by Gasteiger charge is 2.52. The van der Waals surface area contributed by atoms with Crippen LogP contribution >= 0.6 is 0 Å². The largest absolute Gasteiger partial charge is 0.493 e. The first kappa shape index (κ1) is 23.0. The third kappa shape index (κ3) is 3.33. The van der Waals surface area contributed by atoms with Crippen LogP contribution in [0.25, 0.3) is 10.9 Å². The quantitative estimate of drug-likeness (QED) is 0.303. The molecule has 180 valence electrons. The highest BCUT2D eigenvalue weighted by atomic mass is 16.6. The Balaban J connectivity index is 1.89. The van der Waals surface area contributed by atoms with Crippen molar-refractivity contribution in [1.29, 1.82) is 0 Å². The minimum absolute atomic E-state index is 0.316. The molecule has 5 heteroatoms. The second-order valence-corrected chi connectivity index (χ2v) is 8.94. The predicted molar refractivity (Wildman–Crippen MR) is 141 cm³/mol. The first-order chi connectivity index (χ1) is 17.0. The first-order valence-corrected chi connectivity index (χ1v) is 12.4. The van der Waals surface area contributed by atoms with Gasteiger partial charge in [-0.25, -0.2) is 4.79 Å². The Morgan fingerprint density at radius 1 is 0.943 bits per heavy atom. The van der Waals surface area contributed by atoms with E-state index < -0.39 is 5.60 Å². The monoisotopic (exact) mass is 468 g/mol. The summed E-state index contributed by atoms with van der Waals surface area (Å²) in [5, 5.41) is 1.06. The van der Waals surface area contributed by atoms with Crippen molar-refractivity contribution < 1.29 is 14.3 Å². The molecule has 1 unspecified atom stereocenters. The maximum atomic E-state index is 13.3. The number of carbonyl (C=O) groups is 1. The third-order valence-electron chi connectivity index (χ3n) is 7.30. The van der Waals surface area contributed by atoms with Crippen LogP contribution < -0.4 is 9.64 Å². The number of para-hydroxylation sites is 1. The van der Waals surface area contributed by atoms with Gasteiger partial charge in [0.15, 0.2) is 5.60 Å². The summed E-state index contributed by atoms with van der Waals surface area (Å²) in [5.41, 5.74) is 5.37. The molecular formula is C30H32N2O3. The van der Waals surface area contributed by atoms with Crippen molar-refractivity contribution in [3.63, 3.8) is 0 Å².